The molecule has 0 amide bonds. The highest BCUT2D eigenvalue weighted by Crippen LogP contribution is 2.25. The molecule has 106 valence electrons. The van der Waals surface area contributed by atoms with E-state index in [2.05, 4.69) is 28.5 Å². The van der Waals surface area contributed by atoms with Crippen molar-refractivity contribution in [2.24, 2.45) is 0 Å². The molecule has 0 bridgehead atoms. The highest BCUT2D eigenvalue weighted by Gasteiger charge is 2.04. The van der Waals surface area contributed by atoms with Gasteiger partial charge in [0.05, 0.1) is 12.3 Å². The monoisotopic (exact) mass is 278 g/mol. The Hall–Kier alpha value is -2.55. The molecule has 1 heterocycles. The number of pyridine rings is 1. The summed E-state index contributed by atoms with van der Waals surface area (Å²) >= 11 is 0. The number of benzene rings is 2. The van der Waals surface area contributed by atoms with Gasteiger partial charge in [-0.2, -0.15) is 0 Å². The molecule has 1 aromatic heterocycles. The molecule has 1 N–H and O–H groups in total. The first-order valence-corrected chi connectivity index (χ1v) is 7.16. The molecule has 0 atom stereocenters. The van der Waals surface area contributed by atoms with Crippen LogP contribution in [0.4, 0.5) is 5.69 Å². The number of nitrogens with zero attached hydrogens (tertiary/aromatic N) is 1. The lowest BCUT2D eigenvalue weighted by Crippen LogP contribution is -2.03. The maximum atomic E-state index is 5.63. The topological polar surface area (TPSA) is 34.1 Å². The van der Waals surface area contributed by atoms with Crippen LogP contribution in [0.25, 0.3) is 10.8 Å². The molecule has 3 nitrogen and oxygen atoms in total. The summed E-state index contributed by atoms with van der Waals surface area (Å²) in [7, 11) is 0. The molecular formula is C18H18N2O. The Kier molecular flexibility index (Phi) is 4.01. The van der Waals surface area contributed by atoms with Crippen LogP contribution < -0.4 is 10.1 Å². The number of anilines is 1. The van der Waals surface area contributed by atoms with Crippen LogP contribution in [0.2, 0.25) is 0 Å². The number of hydrogen-bond acceptors (Lipinski definition) is 3. The summed E-state index contributed by atoms with van der Waals surface area (Å²) in [5.74, 6) is 0.883. The number of ether oxygens (including phenoxy) is 1. The molecule has 0 aliphatic carbocycles. The SMILES string of the molecule is CCOc1ccccc1NCc1cncc2ccccc12. The standard InChI is InChI=1S/C18H18N2O/c1-2-21-18-10-6-5-9-17(18)20-13-15-12-19-11-14-7-3-4-8-16(14)15/h3-12,20H,2,13H2,1H3. The van der Waals surface area contributed by atoms with E-state index in [1.54, 1.807) is 0 Å². The van der Waals surface area contributed by atoms with Gasteiger partial charge < -0.3 is 10.1 Å². The summed E-state index contributed by atoms with van der Waals surface area (Å²) in [5.41, 5.74) is 2.19. The first kappa shape index (κ1) is 13.4. The van der Waals surface area contributed by atoms with Crippen molar-refractivity contribution >= 4 is 16.5 Å². The van der Waals surface area contributed by atoms with Crippen LogP contribution in [0.1, 0.15) is 12.5 Å². The summed E-state index contributed by atoms with van der Waals surface area (Å²) in [6.45, 7) is 3.37. The summed E-state index contributed by atoms with van der Waals surface area (Å²) < 4.78 is 5.63. The summed E-state index contributed by atoms with van der Waals surface area (Å²) in [6, 6.07) is 16.3. The van der Waals surface area contributed by atoms with Gasteiger partial charge in [0, 0.05) is 24.3 Å². The van der Waals surface area contributed by atoms with E-state index in [0.29, 0.717) is 6.61 Å². The van der Waals surface area contributed by atoms with E-state index in [9.17, 15) is 0 Å². The molecule has 0 aliphatic heterocycles. The molecule has 0 aliphatic rings. The van der Waals surface area contributed by atoms with E-state index < -0.39 is 0 Å². The van der Waals surface area contributed by atoms with E-state index in [1.165, 1.54) is 10.9 Å². The fourth-order valence-corrected chi connectivity index (χ4v) is 2.40. The summed E-state index contributed by atoms with van der Waals surface area (Å²) in [5, 5.41) is 5.83. The number of fused-ring (bicyclic) bond motifs is 1. The number of aromatic nitrogens is 1. The number of hydrogen-bond donors (Lipinski definition) is 1. The average molecular weight is 278 g/mol. The predicted molar refractivity (Wildman–Crippen MR) is 86.7 cm³/mol. The molecular weight excluding hydrogens is 260 g/mol. The highest BCUT2D eigenvalue weighted by molar-refractivity contribution is 5.84. The van der Waals surface area contributed by atoms with E-state index in [1.807, 2.05) is 49.6 Å². The van der Waals surface area contributed by atoms with Crippen molar-refractivity contribution in [3.63, 3.8) is 0 Å². The summed E-state index contributed by atoms with van der Waals surface area (Å²) in [6.07, 6.45) is 3.81. The second-order valence-electron chi connectivity index (χ2n) is 4.80. The van der Waals surface area contributed by atoms with E-state index in [4.69, 9.17) is 4.74 Å². The zero-order chi connectivity index (χ0) is 14.5. The van der Waals surface area contributed by atoms with Crippen LogP contribution in [0.15, 0.2) is 60.9 Å². The van der Waals surface area contributed by atoms with Crippen LogP contribution in [-0.2, 0) is 6.54 Å². The van der Waals surface area contributed by atoms with Crippen LogP contribution in [0, 0.1) is 0 Å². The second-order valence-corrected chi connectivity index (χ2v) is 4.80. The average Bonchev–Trinajstić information content (AvgIpc) is 2.54. The predicted octanol–water partition coefficient (Wildman–Crippen LogP) is 4.25. The van der Waals surface area contributed by atoms with Crippen molar-refractivity contribution in [3.05, 3.63) is 66.5 Å². The lowest BCUT2D eigenvalue weighted by molar-refractivity contribution is 0.341. The van der Waals surface area contributed by atoms with Crippen molar-refractivity contribution in [1.82, 2.24) is 4.98 Å². The van der Waals surface area contributed by atoms with Gasteiger partial charge >= 0.3 is 0 Å². The van der Waals surface area contributed by atoms with Gasteiger partial charge in [-0.25, -0.2) is 0 Å². The van der Waals surface area contributed by atoms with Gasteiger partial charge in [-0.15, -0.1) is 0 Å². The van der Waals surface area contributed by atoms with Gasteiger partial charge in [-0.3, -0.25) is 4.98 Å². The van der Waals surface area contributed by atoms with Crippen molar-refractivity contribution in [2.75, 3.05) is 11.9 Å². The minimum atomic E-state index is 0.661. The number of rotatable bonds is 5. The molecule has 0 saturated carbocycles. The van der Waals surface area contributed by atoms with Gasteiger partial charge in [0.15, 0.2) is 0 Å². The first-order valence-electron chi connectivity index (χ1n) is 7.16. The zero-order valence-corrected chi connectivity index (χ0v) is 12.0. The third-order valence-corrected chi connectivity index (χ3v) is 3.41. The Balaban J connectivity index is 1.84. The third-order valence-electron chi connectivity index (χ3n) is 3.41. The molecule has 21 heavy (non-hydrogen) atoms. The molecule has 0 saturated heterocycles. The third kappa shape index (κ3) is 2.97. The largest absolute Gasteiger partial charge is 0.492 e. The lowest BCUT2D eigenvalue weighted by Gasteiger charge is -2.13. The van der Waals surface area contributed by atoms with E-state index in [0.717, 1.165) is 23.4 Å². The molecule has 0 unspecified atom stereocenters. The highest BCUT2D eigenvalue weighted by atomic mass is 16.5. The normalized spacial score (nSPS) is 10.5. The Morgan fingerprint density at radius 2 is 1.81 bits per heavy atom. The maximum absolute atomic E-state index is 5.63. The molecule has 3 heteroatoms. The second kappa shape index (κ2) is 6.27. The fraction of sp³-hybridized carbons (Fsp3) is 0.167. The molecule has 0 spiro atoms. The first-order chi connectivity index (χ1) is 10.4. The van der Waals surface area contributed by atoms with Crippen LogP contribution in [0.5, 0.6) is 5.75 Å². The van der Waals surface area contributed by atoms with Crippen LogP contribution in [-0.4, -0.2) is 11.6 Å². The van der Waals surface area contributed by atoms with Crippen molar-refractivity contribution < 1.29 is 4.74 Å². The Bertz CT molecular complexity index is 735. The Labute approximate surface area is 124 Å². The fourth-order valence-electron chi connectivity index (χ4n) is 2.40. The van der Waals surface area contributed by atoms with Crippen molar-refractivity contribution in [3.8, 4) is 5.75 Å². The van der Waals surface area contributed by atoms with Crippen molar-refractivity contribution in [2.45, 2.75) is 13.5 Å². The number of para-hydroxylation sites is 2. The van der Waals surface area contributed by atoms with Crippen LogP contribution >= 0.6 is 0 Å². The Morgan fingerprint density at radius 3 is 2.71 bits per heavy atom. The molecule has 0 radical (unpaired) electrons. The Morgan fingerprint density at radius 1 is 1.00 bits per heavy atom. The summed E-state index contributed by atoms with van der Waals surface area (Å²) in [4.78, 5) is 4.31. The number of nitrogens with one attached hydrogen (secondary N) is 1. The van der Waals surface area contributed by atoms with Crippen LogP contribution in [0.3, 0.4) is 0 Å². The molecule has 0 fully saturated rings. The van der Waals surface area contributed by atoms with E-state index >= 15 is 0 Å². The quantitative estimate of drug-likeness (QED) is 0.757. The zero-order valence-electron chi connectivity index (χ0n) is 12.0. The van der Waals surface area contributed by atoms with Gasteiger partial charge in [0.2, 0.25) is 0 Å². The smallest absolute Gasteiger partial charge is 0.142 e. The van der Waals surface area contributed by atoms with E-state index in [-0.39, 0.29) is 0 Å². The van der Waals surface area contributed by atoms with Crippen molar-refractivity contribution in [1.29, 1.82) is 0 Å². The van der Waals surface area contributed by atoms with Gasteiger partial charge in [0.1, 0.15) is 5.75 Å². The molecule has 2 aromatic carbocycles. The minimum absolute atomic E-state index is 0.661. The molecule has 3 aromatic rings. The molecule has 3 rings (SSSR count). The maximum Gasteiger partial charge on any atom is 0.142 e. The lowest BCUT2D eigenvalue weighted by atomic mass is 10.1. The van der Waals surface area contributed by atoms with Gasteiger partial charge in [-0.1, -0.05) is 36.4 Å². The van der Waals surface area contributed by atoms with Gasteiger partial charge in [0.25, 0.3) is 0 Å². The van der Waals surface area contributed by atoms with Gasteiger partial charge in [-0.05, 0) is 30.0 Å². The minimum Gasteiger partial charge on any atom is -0.492 e.